The average molecular weight is 262 g/mol. The van der Waals surface area contributed by atoms with Crippen LogP contribution in [0.3, 0.4) is 0 Å². The number of rotatable bonds is 1. The quantitative estimate of drug-likeness (QED) is 0.811. The second-order valence-electron chi connectivity index (χ2n) is 3.92. The third-order valence-electron chi connectivity index (χ3n) is 2.43. The second kappa shape index (κ2) is 4.89. The van der Waals surface area contributed by atoms with Crippen molar-refractivity contribution in [2.24, 2.45) is 0 Å². The molecule has 0 saturated carbocycles. The van der Waals surface area contributed by atoms with Crippen molar-refractivity contribution in [2.45, 2.75) is 6.92 Å². The van der Waals surface area contributed by atoms with Crippen LogP contribution in [-0.4, -0.2) is 15.6 Å². The van der Waals surface area contributed by atoms with Gasteiger partial charge in [-0.15, -0.1) is 0 Å². The number of aryl methyl sites for hydroxylation is 1. The largest absolute Gasteiger partial charge is 0.381 e. The van der Waals surface area contributed by atoms with Gasteiger partial charge in [0.25, 0.3) is 0 Å². The third-order valence-corrected chi connectivity index (χ3v) is 2.43. The Morgan fingerprint density at radius 1 is 1.37 bits per heavy atom. The van der Waals surface area contributed by atoms with E-state index in [0.717, 1.165) is 5.56 Å². The summed E-state index contributed by atoms with van der Waals surface area (Å²) in [6.45, 7) is 1.90. The maximum atomic E-state index is 13.2. The van der Waals surface area contributed by atoms with E-state index in [4.69, 9.17) is 5.73 Å². The molecule has 0 spiro atoms. The minimum Gasteiger partial charge on any atom is -0.381 e. The summed E-state index contributed by atoms with van der Waals surface area (Å²) in [5, 5.41) is 2.45. The van der Waals surface area contributed by atoms with E-state index in [2.05, 4.69) is 10.3 Å². The van der Waals surface area contributed by atoms with Gasteiger partial charge in [0, 0.05) is 5.69 Å². The molecule has 6 nitrogen and oxygen atoms in total. The zero-order chi connectivity index (χ0) is 14.0. The molecule has 0 radical (unpaired) electrons. The van der Waals surface area contributed by atoms with E-state index in [1.165, 1.54) is 0 Å². The molecule has 3 N–H and O–H groups in total. The zero-order valence-corrected chi connectivity index (χ0v) is 10.1. The van der Waals surface area contributed by atoms with Gasteiger partial charge in [0.1, 0.15) is 0 Å². The number of nitrogens with two attached hydrogens (primary N) is 1. The van der Waals surface area contributed by atoms with Gasteiger partial charge in [-0.05, 0) is 19.1 Å². The minimum atomic E-state index is -0.941. The zero-order valence-electron chi connectivity index (χ0n) is 10.1. The predicted molar refractivity (Wildman–Crippen MR) is 68.5 cm³/mol. The van der Waals surface area contributed by atoms with Gasteiger partial charge >= 0.3 is 11.7 Å². The summed E-state index contributed by atoms with van der Waals surface area (Å²) >= 11 is 0. The molecule has 1 aromatic heterocycles. The van der Waals surface area contributed by atoms with E-state index in [-0.39, 0.29) is 0 Å². The fourth-order valence-electron chi connectivity index (χ4n) is 1.41. The molecule has 1 amide bonds. The highest BCUT2D eigenvalue weighted by atomic mass is 19.1. The third kappa shape index (κ3) is 2.76. The molecule has 2 aromatic rings. The van der Waals surface area contributed by atoms with Crippen molar-refractivity contribution in [3.63, 3.8) is 0 Å². The number of hydrogen-bond donors (Lipinski definition) is 2. The summed E-state index contributed by atoms with van der Waals surface area (Å²) in [6, 6.07) is 6.11. The topological polar surface area (TPSA) is 90.0 Å². The van der Waals surface area contributed by atoms with Crippen LogP contribution in [0.4, 0.5) is 20.7 Å². The monoisotopic (exact) mass is 262 g/mol. The number of carbonyl (C=O) groups excluding carboxylic acids is 1. The fourth-order valence-corrected chi connectivity index (χ4v) is 1.41. The summed E-state index contributed by atoms with van der Waals surface area (Å²) in [7, 11) is 0. The first-order chi connectivity index (χ1) is 8.97. The van der Waals surface area contributed by atoms with Crippen LogP contribution in [0.5, 0.6) is 0 Å². The molecule has 19 heavy (non-hydrogen) atoms. The van der Waals surface area contributed by atoms with Gasteiger partial charge in [0.05, 0.1) is 6.20 Å². The lowest BCUT2D eigenvalue weighted by Crippen LogP contribution is -2.33. The first-order valence-electron chi connectivity index (χ1n) is 5.40. The highest BCUT2D eigenvalue weighted by molar-refractivity contribution is 5.90. The standard InChI is InChI=1S/C12H11FN4O2/c1-7-2-4-8(5-3-7)15-11(18)17-6-9(13)10(14)16-12(17)19/h2-6H,1H3,(H,15,18)(H2,14,16,19). The van der Waals surface area contributed by atoms with Crippen molar-refractivity contribution in [2.75, 3.05) is 11.1 Å². The maximum absolute atomic E-state index is 13.2. The first-order valence-corrected chi connectivity index (χ1v) is 5.40. The van der Waals surface area contributed by atoms with E-state index in [1.54, 1.807) is 24.3 Å². The highest BCUT2D eigenvalue weighted by Crippen LogP contribution is 2.09. The Bertz CT molecular complexity index is 679. The van der Waals surface area contributed by atoms with Crippen LogP contribution in [-0.2, 0) is 0 Å². The molecule has 2 rings (SSSR count). The molecule has 7 heteroatoms. The molecule has 0 aliphatic carbocycles. The summed E-state index contributed by atoms with van der Waals surface area (Å²) in [5.41, 5.74) is 5.70. The van der Waals surface area contributed by atoms with Gasteiger partial charge in [-0.2, -0.15) is 4.98 Å². The van der Waals surface area contributed by atoms with Crippen LogP contribution >= 0.6 is 0 Å². The van der Waals surface area contributed by atoms with Crippen molar-refractivity contribution in [1.82, 2.24) is 9.55 Å². The molecular formula is C12H11FN4O2. The number of nitrogens with one attached hydrogen (secondary N) is 1. The van der Waals surface area contributed by atoms with E-state index in [0.29, 0.717) is 16.5 Å². The van der Waals surface area contributed by atoms with Crippen LogP contribution in [0.1, 0.15) is 5.56 Å². The van der Waals surface area contributed by atoms with Crippen molar-refractivity contribution in [1.29, 1.82) is 0 Å². The lowest BCUT2D eigenvalue weighted by molar-refractivity contribution is 0.252. The summed E-state index contributed by atoms with van der Waals surface area (Å²) in [5.74, 6) is -1.47. The number of amides is 1. The Labute approximate surface area is 107 Å². The molecule has 1 aromatic carbocycles. The van der Waals surface area contributed by atoms with Gasteiger partial charge in [0.2, 0.25) is 0 Å². The second-order valence-corrected chi connectivity index (χ2v) is 3.92. The number of anilines is 2. The molecule has 98 valence electrons. The van der Waals surface area contributed by atoms with Crippen molar-refractivity contribution in [3.8, 4) is 0 Å². The van der Waals surface area contributed by atoms with Gasteiger partial charge in [0.15, 0.2) is 11.6 Å². The van der Waals surface area contributed by atoms with Gasteiger partial charge in [-0.1, -0.05) is 17.7 Å². The van der Waals surface area contributed by atoms with Gasteiger partial charge in [-0.3, -0.25) is 0 Å². The lowest BCUT2D eigenvalue weighted by atomic mass is 10.2. The number of nitrogens with zero attached hydrogens (tertiary/aromatic N) is 2. The van der Waals surface area contributed by atoms with Crippen molar-refractivity contribution >= 4 is 17.5 Å². The van der Waals surface area contributed by atoms with Gasteiger partial charge in [-0.25, -0.2) is 18.5 Å². The van der Waals surface area contributed by atoms with Crippen molar-refractivity contribution < 1.29 is 9.18 Å². The first kappa shape index (κ1) is 12.7. The Kier molecular flexibility index (Phi) is 3.28. The number of carbonyl (C=O) groups is 1. The highest BCUT2D eigenvalue weighted by Gasteiger charge is 2.11. The molecule has 0 saturated heterocycles. The minimum absolute atomic E-state index is 0.486. The maximum Gasteiger partial charge on any atom is 0.357 e. The lowest BCUT2D eigenvalue weighted by Gasteiger charge is -2.07. The normalized spacial score (nSPS) is 10.2. The van der Waals surface area contributed by atoms with E-state index in [1.807, 2.05) is 6.92 Å². The number of nitrogen functional groups attached to an aromatic ring is 1. The Balaban J connectivity index is 2.28. The van der Waals surface area contributed by atoms with Crippen LogP contribution in [0, 0.1) is 12.7 Å². The molecule has 0 bridgehead atoms. The van der Waals surface area contributed by atoms with E-state index < -0.39 is 23.4 Å². The summed E-state index contributed by atoms with van der Waals surface area (Å²) in [4.78, 5) is 26.4. The number of hydrogen-bond acceptors (Lipinski definition) is 4. The number of halogens is 1. The van der Waals surface area contributed by atoms with E-state index >= 15 is 0 Å². The van der Waals surface area contributed by atoms with Crippen LogP contribution in [0.15, 0.2) is 35.3 Å². The van der Waals surface area contributed by atoms with Crippen molar-refractivity contribution in [3.05, 3.63) is 52.3 Å². The Morgan fingerprint density at radius 2 is 2.00 bits per heavy atom. The van der Waals surface area contributed by atoms with Crippen LogP contribution in [0.25, 0.3) is 0 Å². The molecule has 0 aliphatic rings. The number of aromatic nitrogens is 2. The summed E-state index contributed by atoms with van der Waals surface area (Å²) < 4.78 is 13.7. The summed E-state index contributed by atoms with van der Waals surface area (Å²) in [6.07, 6.45) is 0.703. The Morgan fingerprint density at radius 3 is 2.63 bits per heavy atom. The van der Waals surface area contributed by atoms with Crippen LogP contribution < -0.4 is 16.7 Å². The molecule has 0 fully saturated rings. The molecule has 1 heterocycles. The molecule has 0 atom stereocenters. The predicted octanol–water partition coefficient (Wildman–Crippen LogP) is 1.35. The van der Waals surface area contributed by atoms with Gasteiger partial charge < -0.3 is 11.1 Å². The molecular weight excluding hydrogens is 251 g/mol. The SMILES string of the molecule is Cc1ccc(NC(=O)n2cc(F)c(N)nc2=O)cc1. The fraction of sp³-hybridized carbons (Fsp3) is 0.0833. The smallest absolute Gasteiger partial charge is 0.357 e. The number of benzene rings is 1. The average Bonchev–Trinajstić information content (AvgIpc) is 2.36. The van der Waals surface area contributed by atoms with Crippen LogP contribution in [0.2, 0.25) is 0 Å². The van der Waals surface area contributed by atoms with E-state index in [9.17, 15) is 14.0 Å². The molecule has 0 aliphatic heterocycles. The molecule has 0 unspecified atom stereocenters. The Hall–Kier alpha value is -2.70.